The highest BCUT2D eigenvalue weighted by molar-refractivity contribution is 5.96. The molecule has 0 fully saturated rings. The second-order valence-corrected chi connectivity index (χ2v) is 6.46. The molecule has 0 unspecified atom stereocenters. The van der Waals surface area contributed by atoms with Crippen molar-refractivity contribution in [2.24, 2.45) is 0 Å². The van der Waals surface area contributed by atoms with Gasteiger partial charge in [0.1, 0.15) is 29.6 Å². The molecule has 3 aromatic rings. The Kier molecular flexibility index (Phi) is 5.07. The molecule has 0 saturated heterocycles. The summed E-state index contributed by atoms with van der Waals surface area (Å²) >= 11 is 0. The summed E-state index contributed by atoms with van der Waals surface area (Å²) in [6.45, 7) is 0.985. The monoisotopic (exact) mass is 397 g/mol. The molecule has 1 aliphatic rings. The molecule has 0 bridgehead atoms. The van der Waals surface area contributed by atoms with Crippen molar-refractivity contribution in [3.8, 4) is 23.0 Å². The number of methoxy groups -OCH3 is 1. The van der Waals surface area contributed by atoms with Crippen molar-refractivity contribution < 1.29 is 23.0 Å². The highest BCUT2D eigenvalue weighted by Crippen LogP contribution is 2.26. The Morgan fingerprint density at radius 2 is 1.93 bits per heavy atom. The third kappa shape index (κ3) is 3.87. The molecule has 0 N–H and O–H groups in total. The van der Waals surface area contributed by atoms with Crippen LogP contribution >= 0.6 is 0 Å². The second-order valence-electron chi connectivity index (χ2n) is 6.46. The quantitative estimate of drug-likeness (QED) is 0.675. The Hall–Kier alpha value is -3.55. The number of aromatic nitrogens is 2. The van der Waals surface area contributed by atoms with E-state index in [1.165, 1.54) is 12.3 Å². The topological polar surface area (TPSA) is 64.6 Å². The van der Waals surface area contributed by atoms with E-state index in [0.29, 0.717) is 13.1 Å². The third-order valence-corrected chi connectivity index (χ3v) is 4.58. The Morgan fingerprint density at radius 1 is 1.14 bits per heavy atom. The number of carbonyl (C=O) groups is 1. The molecule has 1 amide bonds. The van der Waals surface area contributed by atoms with E-state index in [1.54, 1.807) is 12.0 Å². The number of benzene rings is 2. The highest BCUT2D eigenvalue weighted by Gasteiger charge is 2.26. The minimum absolute atomic E-state index is 0.0256. The molecule has 0 radical (unpaired) electrons. The van der Waals surface area contributed by atoms with Crippen molar-refractivity contribution >= 4 is 5.91 Å². The van der Waals surface area contributed by atoms with Gasteiger partial charge in [-0.1, -0.05) is 12.1 Å². The molecule has 0 aliphatic carbocycles. The molecular weight excluding hydrogens is 380 g/mol. The number of carbonyl (C=O) groups excluding carboxylic acids is 1. The van der Waals surface area contributed by atoms with Gasteiger partial charge < -0.3 is 14.4 Å². The van der Waals surface area contributed by atoms with Crippen LogP contribution < -0.4 is 9.47 Å². The number of halogens is 2. The minimum Gasteiger partial charge on any atom is -0.497 e. The van der Waals surface area contributed by atoms with Crippen molar-refractivity contribution in [3.05, 3.63) is 71.4 Å². The summed E-state index contributed by atoms with van der Waals surface area (Å²) < 4.78 is 37.9. The van der Waals surface area contributed by atoms with Crippen molar-refractivity contribution in [1.82, 2.24) is 14.9 Å². The third-order valence-electron chi connectivity index (χ3n) is 4.58. The van der Waals surface area contributed by atoms with Crippen LogP contribution in [-0.2, 0) is 6.54 Å². The Bertz CT molecular complexity index is 1060. The maximum absolute atomic E-state index is 14.0. The fourth-order valence-electron chi connectivity index (χ4n) is 3.05. The van der Waals surface area contributed by atoms with Gasteiger partial charge in [-0.3, -0.25) is 4.79 Å². The van der Waals surface area contributed by atoms with E-state index >= 15 is 0 Å². The average Bonchev–Trinajstić information content (AvgIpc) is 2.87. The molecule has 2 aromatic carbocycles. The van der Waals surface area contributed by atoms with Crippen molar-refractivity contribution in [3.63, 3.8) is 0 Å². The lowest BCUT2D eigenvalue weighted by Gasteiger charge is -2.19. The summed E-state index contributed by atoms with van der Waals surface area (Å²) in [4.78, 5) is 22.9. The first-order chi connectivity index (χ1) is 14.0. The largest absolute Gasteiger partial charge is 0.497 e. The molecule has 0 spiro atoms. The van der Waals surface area contributed by atoms with Crippen LogP contribution in [0.25, 0.3) is 11.4 Å². The zero-order valence-electron chi connectivity index (χ0n) is 15.6. The van der Waals surface area contributed by atoms with Gasteiger partial charge in [-0.25, -0.2) is 13.8 Å². The van der Waals surface area contributed by atoms with Crippen LogP contribution in [0.1, 0.15) is 15.9 Å². The van der Waals surface area contributed by atoms with Crippen LogP contribution in [0.2, 0.25) is 0 Å². The van der Waals surface area contributed by atoms with E-state index in [1.807, 2.05) is 24.3 Å². The first kappa shape index (κ1) is 18.8. The summed E-state index contributed by atoms with van der Waals surface area (Å²) in [5, 5.41) is 0. The maximum atomic E-state index is 14.0. The summed E-state index contributed by atoms with van der Waals surface area (Å²) in [6, 6.07) is 10.6. The van der Waals surface area contributed by atoms with Crippen LogP contribution in [0.15, 0.2) is 48.7 Å². The number of fused-ring (bicyclic) bond motifs is 1. The van der Waals surface area contributed by atoms with Gasteiger partial charge in [-0.05, 0) is 29.8 Å². The number of nitrogens with zero attached hydrogens (tertiary/aromatic N) is 3. The summed E-state index contributed by atoms with van der Waals surface area (Å²) in [6.07, 6.45) is 1.31. The van der Waals surface area contributed by atoms with Crippen molar-refractivity contribution in [2.45, 2.75) is 6.54 Å². The van der Waals surface area contributed by atoms with Crippen molar-refractivity contribution in [2.75, 3.05) is 20.3 Å². The predicted molar refractivity (Wildman–Crippen MR) is 101 cm³/mol. The van der Waals surface area contributed by atoms with Crippen molar-refractivity contribution in [1.29, 1.82) is 0 Å². The van der Waals surface area contributed by atoms with Gasteiger partial charge in [0.25, 0.3) is 5.91 Å². The number of hydrogen-bond acceptors (Lipinski definition) is 5. The SMILES string of the molecule is COc1ccc(CN2CCOc3nc(-c4ccc(F)cc4F)ncc3C2=O)cc1. The number of ether oxygens (including phenoxy) is 2. The number of hydrogen-bond donors (Lipinski definition) is 0. The highest BCUT2D eigenvalue weighted by atomic mass is 19.1. The molecule has 0 saturated carbocycles. The van der Waals surface area contributed by atoms with Gasteiger partial charge in [0.15, 0.2) is 5.82 Å². The van der Waals surface area contributed by atoms with Gasteiger partial charge in [0.05, 0.1) is 19.2 Å². The molecule has 0 atom stereocenters. The summed E-state index contributed by atoms with van der Waals surface area (Å²) in [7, 11) is 1.59. The lowest BCUT2D eigenvalue weighted by molar-refractivity contribution is 0.0742. The van der Waals surface area contributed by atoms with E-state index < -0.39 is 11.6 Å². The zero-order valence-corrected chi connectivity index (χ0v) is 15.6. The molecule has 1 aliphatic heterocycles. The van der Waals surface area contributed by atoms with Gasteiger partial charge in [0, 0.05) is 18.8 Å². The Morgan fingerprint density at radius 3 is 2.66 bits per heavy atom. The van der Waals surface area contributed by atoms with E-state index in [-0.39, 0.29) is 35.3 Å². The maximum Gasteiger partial charge on any atom is 0.261 e. The molecule has 6 nitrogen and oxygen atoms in total. The van der Waals surface area contributed by atoms with Crippen LogP contribution in [0.3, 0.4) is 0 Å². The van der Waals surface area contributed by atoms with Gasteiger partial charge >= 0.3 is 0 Å². The number of amides is 1. The Labute approximate surface area is 165 Å². The molecular formula is C21H17F2N3O3. The molecule has 8 heteroatoms. The number of rotatable bonds is 4. The van der Waals surface area contributed by atoms with E-state index in [4.69, 9.17) is 9.47 Å². The summed E-state index contributed by atoms with van der Waals surface area (Å²) in [5.74, 6) is -0.913. The molecule has 148 valence electrons. The lowest BCUT2D eigenvalue weighted by atomic mass is 10.1. The van der Waals surface area contributed by atoms with Gasteiger partial charge in [-0.15, -0.1) is 0 Å². The molecule has 2 heterocycles. The van der Waals surface area contributed by atoms with Crippen LogP contribution in [0.5, 0.6) is 11.6 Å². The first-order valence-electron chi connectivity index (χ1n) is 8.92. The fraction of sp³-hybridized carbons (Fsp3) is 0.190. The first-order valence-corrected chi connectivity index (χ1v) is 8.92. The molecule has 29 heavy (non-hydrogen) atoms. The molecule has 1 aromatic heterocycles. The van der Waals surface area contributed by atoms with Crippen LogP contribution in [0, 0.1) is 11.6 Å². The van der Waals surface area contributed by atoms with Gasteiger partial charge in [-0.2, -0.15) is 4.98 Å². The minimum atomic E-state index is -0.786. The van der Waals surface area contributed by atoms with E-state index in [2.05, 4.69) is 9.97 Å². The normalized spacial score (nSPS) is 13.5. The Balaban J connectivity index is 1.60. The standard InChI is InChI=1S/C21H17F2N3O3/c1-28-15-5-2-13(3-6-15)12-26-8-9-29-20-17(21(26)27)11-24-19(25-20)16-7-4-14(22)10-18(16)23/h2-7,10-11H,8-9,12H2,1H3. The van der Waals surface area contributed by atoms with Gasteiger partial charge in [0.2, 0.25) is 5.88 Å². The lowest BCUT2D eigenvalue weighted by Crippen LogP contribution is -2.31. The van der Waals surface area contributed by atoms with E-state index in [9.17, 15) is 13.6 Å². The predicted octanol–water partition coefficient (Wildman–Crippen LogP) is 3.47. The second kappa shape index (κ2) is 7.83. The fourth-order valence-corrected chi connectivity index (χ4v) is 3.05. The average molecular weight is 397 g/mol. The van der Waals surface area contributed by atoms with Crippen LogP contribution in [0.4, 0.5) is 8.78 Å². The summed E-state index contributed by atoms with van der Waals surface area (Å²) in [5.41, 5.74) is 1.17. The zero-order chi connectivity index (χ0) is 20.4. The molecule has 4 rings (SSSR count). The van der Waals surface area contributed by atoms with E-state index in [0.717, 1.165) is 23.4 Å². The smallest absolute Gasteiger partial charge is 0.261 e. The van der Waals surface area contributed by atoms with Crippen LogP contribution in [-0.4, -0.2) is 41.0 Å².